The van der Waals surface area contributed by atoms with Gasteiger partial charge < -0.3 is 21.5 Å². The van der Waals surface area contributed by atoms with Gasteiger partial charge in [0, 0.05) is 28.9 Å². The molecule has 1 amide bonds. The molecule has 1 atom stereocenters. The Labute approximate surface area is 178 Å². The van der Waals surface area contributed by atoms with E-state index in [4.69, 9.17) is 11.5 Å². The largest absolute Gasteiger partial charge is 0.573 e. The summed E-state index contributed by atoms with van der Waals surface area (Å²) in [6, 6.07) is 10.6. The van der Waals surface area contributed by atoms with Crippen molar-refractivity contribution >= 4 is 28.6 Å². The van der Waals surface area contributed by atoms with Gasteiger partial charge in [0.25, 0.3) is 0 Å². The molecular formula is C22H24F3N3O3. The molecule has 1 unspecified atom stereocenters. The molecule has 0 aromatic heterocycles. The van der Waals surface area contributed by atoms with E-state index >= 15 is 0 Å². The third-order valence-electron chi connectivity index (χ3n) is 4.30. The smallest absolute Gasteiger partial charge is 0.406 e. The monoisotopic (exact) mass is 435 g/mol. The van der Waals surface area contributed by atoms with E-state index in [-0.39, 0.29) is 23.8 Å². The number of carbonyl (C=O) groups is 2. The second-order valence-electron chi connectivity index (χ2n) is 7.19. The Balaban J connectivity index is 2.19. The zero-order valence-electron chi connectivity index (χ0n) is 17.1. The molecule has 0 saturated heterocycles. The molecular weight excluding hydrogens is 411 g/mol. The van der Waals surface area contributed by atoms with Crippen molar-refractivity contribution in [1.82, 2.24) is 0 Å². The van der Waals surface area contributed by atoms with Gasteiger partial charge >= 0.3 is 6.36 Å². The fraction of sp³-hybridized carbons (Fsp3) is 0.273. The number of halogens is 3. The number of ether oxygens (including phenoxy) is 1. The van der Waals surface area contributed by atoms with E-state index in [0.29, 0.717) is 16.8 Å². The van der Waals surface area contributed by atoms with Crippen LogP contribution in [0, 0.1) is 5.92 Å². The minimum atomic E-state index is -4.85. The highest BCUT2D eigenvalue weighted by Crippen LogP contribution is 2.27. The Bertz CT molecular complexity index is 972. The lowest BCUT2D eigenvalue weighted by atomic mass is 9.94. The zero-order valence-corrected chi connectivity index (χ0v) is 17.1. The van der Waals surface area contributed by atoms with Gasteiger partial charge in [0.15, 0.2) is 5.78 Å². The Kier molecular flexibility index (Phi) is 7.82. The molecule has 31 heavy (non-hydrogen) atoms. The number of allylic oxidation sites excluding steroid dienone is 1. The second kappa shape index (κ2) is 10.1. The van der Waals surface area contributed by atoms with Gasteiger partial charge in [-0.05, 0) is 36.3 Å². The number of benzene rings is 2. The lowest BCUT2D eigenvalue weighted by molar-refractivity contribution is -0.274. The van der Waals surface area contributed by atoms with Crippen LogP contribution in [-0.2, 0) is 9.59 Å². The Hall–Kier alpha value is -3.33. The van der Waals surface area contributed by atoms with E-state index in [9.17, 15) is 22.8 Å². The number of nitrogen functional groups attached to an aromatic ring is 1. The molecule has 2 aromatic rings. The molecule has 5 N–H and O–H groups in total. The third-order valence-corrected chi connectivity index (χ3v) is 4.30. The molecule has 2 rings (SSSR count). The highest BCUT2D eigenvalue weighted by Gasteiger charge is 2.31. The molecule has 0 radical (unpaired) electrons. The fourth-order valence-corrected chi connectivity index (χ4v) is 2.71. The van der Waals surface area contributed by atoms with Gasteiger partial charge in [-0.3, -0.25) is 9.59 Å². The molecule has 0 saturated carbocycles. The first-order chi connectivity index (χ1) is 14.5. The molecule has 0 fully saturated rings. The van der Waals surface area contributed by atoms with Crippen molar-refractivity contribution in [3.63, 3.8) is 0 Å². The lowest BCUT2D eigenvalue weighted by Gasteiger charge is -2.17. The topological polar surface area (TPSA) is 107 Å². The van der Waals surface area contributed by atoms with Crippen LogP contribution in [0.1, 0.15) is 25.8 Å². The first kappa shape index (κ1) is 23.9. The number of amides is 1. The number of nitrogens with two attached hydrogens (primary N) is 2. The summed E-state index contributed by atoms with van der Waals surface area (Å²) in [6.07, 6.45) is -3.43. The summed E-state index contributed by atoms with van der Waals surface area (Å²) in [5.74, 6) is -1.52. The van der Waals surface area contributed by atoms with Crippen LogP contribution in [0.15, 0.2) is 54.6 Å². The van der Waals surface area contributed by atoms with Crippen LogP contribution in [0.3, 0.4) is 0 Å². The lowest BCUT2D eigenvalue weighted by Crippen LogP contribution is -2.36. The number of rotatable bonds is 8. The predicted octanol–water partition coefficient (Wildman–Crippen LogP) is 4.13. The number of carbonyl (C=O) groups excluding carboxylic acids is 2. The van der Waals surface area contributed by atoms with Crippen molar-refractivity contribution in [3.05, 3.63) is 60.2 Å². The predicted molar refractivity (Wildman–Crippen MR) is 113 cm³/mol. The van der Waals surface area contributed by atoms with E-state index in [2.05, 4.69) is 10.1 Å². The van der Waals surface area contributed by atoms with Crippen LogP contribution in [0.25, 0.3) is 5.57 Å². The summed E-state index contributed by atoms with van der Waals surface area (Å²) in [4.78, 5) is 24.8. The number of nitrogens with one attached hydrogen (secondary N) is 1. The van der Waals surface area contributed by atoms with Gasteiger partial charge in [-0.2, -0.15) is 0 Å². The molecule has 0 spiro atoms. The van der Waals surface area contributed by atoms with Crippen molar-refractivity contribution in [1.29, 1.82) is 0 Å². The summed E-state index contributed by atoms with van der Waals surface area (Å²) in [7, 11) is 0. The van der Waals surface area contributed by atoms with Crippen LogP contribution in [-0.4, -0.2) is 24.1 Å². The molecule has 2 aromatic carbocycles. The summed E-state index contributed by atoms with van der Waals surface area (Å²) < 4.78 is 41.0. The van der Waals surface area contributed by atoms with Crippen molar-refractivity contribution in [2.45, 2.75) is 32.7 Å². The first-order valence-electron chi connectivity index (χ1n) is 9.48. The molecule has 0 heterocycles. The highest BCUT2D eigenvalue weighted by molar-refractivity contribution is 6.01. The number of alkyl halides is 3. The van der Waals surface area contributed by atoms with Crippen LogP contribution in [0.5, 0.6) is 5.75 Å². The average molecular weight is 435 g/mol. The summed E-state index contributed by atoms with van der Waals surface area (Å²) >= 11 is 0. The molecule has 166 valence electrons. The number of hydrogen-bond donors (Lipinski definition) is 3. The molecule has 0 aliphatic carbocycles. The van der Waals surface area contributed by atoms with Crippen LogP contribution in [0.4, 0.5) is 24.5 Å². The number of para-hydroxylation sites is 1. The van der Waals surface area contributed by atoms with Crippen molar-refractivity contribution < 1.29 is 27.5 Å². The summed E-state index contributed by atoms with van der Waals surface area (Å²) in [6.45, 7) is 3.49. The highest BCUT2D eigenvalue weighted by atomic mass is 19.4. The zero-order chi connectivity index (χ0) is 23.2. The Morgan fingerprint density at radius 2 is 1.81 bits per heavy atom. The Morgan fingerprint density at radius 1 is 1.13 bits per heavy atom. The first-order valence-corrected chi connectivity index (χ1v) is 9.48. The van der Waals surface area contributed by atoms with Crippen molar-refractivity contribution in [3.8, 4) is 5.75 Å². The maximum atomic E-state index is 12.5. The minimum absolute atomic E-state index is 0.00273. The maximum absolute atomic E-state index is 12.5. The van der Waals surface area contributed by atoms with Crippen molar-refractivity contribution in [2.75, 3.05) is 11.1 Å². The van der Waals surface area contributed by atoms with E-state index in [1.165, 1.54) is 18.2 Å². The third kappa shape index (κ3) is 7.45. The number of hydrogen-bond acceptors (Lipinski definition) is 5. The quantitative estimate of drug-likeness (QED) is 0.427. The average Bonchev–Trinajstić information content (AvgIpc) is 2.66. The van der Waals surface area contributed by atoms with Gasteiger partial charge in [0.05, 0.1) is 6.04 Å². The normalized spacial score (nSPS) is 13.1. The molecule has 9 heteroatoms. The van der Waals surface area contributed by atoms with E-state index in [1.54, 1.807) is 38.1 Å². The van der Waals surface area contributed by atoms with Gasteiger partial charge in [-0.25, -0.2) is 0 Å². The van der Waals surface area contributed by atoms with E-state index < -0.39 is 24.1 Å². The SMILES string of the molecule is CC(C)C(=O)/C=C(/CC(N)C(=O)Nc1cccc(OC(F)(F)F)c1)c1ccccc1N. The van der Waals surface area contributed by atoms with Gasteiger partial charge in [0.1, 0.15) is 5.75 Å². The van der Waals surface area contributed by atoms with Crippen LogP contribution in [0.2, 0.25) is 0 Å². The fourth-order valence-electron chi connectivity index (χ4n) is 2.71. The van der Waals surface area contributed by atoms with Gasteiger partial charge in [-0.15, -0.1) is 13.2 Å². The molecule has 0 aliphatic rings. The van der Waals surface area contributed by atoms with Gasteiger partial charge in [-0.1, -0.05) is 38.1 Å². The van der Waals surface area contributed by atoms with Crippen LogP contribution < -0.4 is 21.5 Å². The number of anilines is 2. The van der Waals surface area contributed by atoms with E-state index in [1.807, 2.05) is 0 Å². The van der Waals surface area contributed by atoms with Crippen molar-refractivity contribution in [2.24, 2.45) is 11.7 Å². The maximum Gasteiger partial charge on any atom is 0.573 e. The second-order valence-corrected chi connectivity index (χ2v) is 7.19. The summed E-state index contributed by atoms with van der Waals surface area (Å²) in [5.41, 5.74) is 13.6. The minimum Gasteiger partial charge on any atom is -0.406 e. The van der Waals surface area contributed by atoms with Gasteiger partial charge in [0.2, 0.25) is 5.91 Å². The van der Waals surface area contributed by atoms with Crippen LogP contribution >= 0.6 is 0 Å². The summed E-state index contributed by atoms with van der Waals surface area (Å²) in [5, 5.41) is 2.46. The molecule has 0 aliphatic heterocycles. The molecule has 0 bridgehead atoms. The molecule has 6 nitrogen and oxygen atoms in total. The van der Waals surface area contributed by atoms with E-state index in [0.717, 1.165) is 12.1 Å². The number of ketones is 1. The Morgan fingerprint density at radius 3 is 2.42 bits per heavy atom. The standard InChI is InChI=1S/C22H24F3N3O3/c1-13(2)20(29)11-14(17-8-3-4-9-18(17)26)10-19(27)21(30)28-15-6-5-7-16(12-15)31-22(23,24)25/h3-9,11-13,19H,10,26-27H2,1-2H3,(H,28,30)/b14-11-.